The third-order valence-corrected chi connectivity index (χ3v) is 3.10. The molecule has 0 fully saturated rings. The maximum atomic E-state index is 11.4. The second-order valence-electron chi connectivity index (χ2n) is 5.08. The number of amides is 1. The molecule has 0 N–H and O–H groups in total. The van der Waals surface area contributed by atoms with Gasteiger partial charge in [0.1, 0.15) is 5.78 Å². The van der Waals surface area contributed by atoms with Gasteiger partial charge in [0.2, 0.25) is 5.91 Å². The van der Waals surface area contributed by atoms with E-state index in [0.717, 1.165) is 45.1 Å². The van der Waals surface area contributed by atoms with Gasteiger partial charge in [0.05, 0.1) is 0 Å². The molecule has 100 valence electrons. The lowest BCUT2D eigenvalue weighted by molar-refractivity contribution is -0.127. The molecule has 0 rings (SSSR count). The highest BCUT2D eigenvalue weighted by molar-refractivity contribution is 5.80. The van der Waals surface area contributed by atoms with Crippen LogP contribution in [0.2, 0.25) is 0 Å². The Kier molecular flexibility index (Phi) is 8.73. The molecule has 0 aliphatic rings. The fourth-order valence-corrected chi connectivity index (χ4v) is 1.62. The second-order valence-corrected chi connectivity index (χ2v) is 5.08. The maximum absolute atomic E-state index is 11.4. The van der Waals surface area contributed by atoms with Crippen LogP contribution in [-0.4, -0.2) is 30.2 Å². The van der Waals surface area contributed by atoms with Crippen molar-refractivity contribution in [3.8, 4) is 0 Å². The molecule has 0 spiro atoms. The fraction of sp³-hybridized carbons (Fsp3) is 0.857. The number of rotatable bonds is 9. The number of hydrogen-bond donors (Lipinski definition) is 0. The lowest BCUT2D eigenvalue weighted by Gasteiger charge is -2.13. The van der Waals surface area contributed by atoms with Crippen LogP contribution in [0.5, 0.6) is 0 Å². The van der Waals surface area contributed by atoms with Gasteiger partial charge >= 0.3 is 0 Å². The average molecular weight is 241 g/mol. The van der Waals surface area contributed by atoms with Crippen molar-refractivity contribution in [2.45, 2.75) is 59.3 Å². The third kappa shape index (κ3) is 8.90. The summed E-state index contributed by atoms with van der Waals surface area (Å²) in [5.41, 5.74) is 0. The molecule has 17 heavy (non-hydrogen) atoms. The van der Waals surface area contributed by atoms with Crippen LogP contribution in [0.3, 0.4) is 0 Å². The van der Waals surface area contributed by atoms with Crippen molar-refractivity contribution >= 4 is 11.7 Å². The summed E-state index contributed by atoms with van der Waals surface area (Å²) in [6.07, 6.45) is 6.24. The molecule has 0 aromatic rings. The molecule has 3 nitrogen and oxygen atoms in total. The van der Waals surface area contributed by atoms with Gasteiger partial charge in [-0.25, -0.2) is 0 Å². The predicted octanol–water partition coefficient (Wildman–Crippen LogP) is 3.03. The van der Waals surface area contributed by atoms with Gasteiger partial charge in [-0.3, -0.25) is 9.59 Å². The summed E-state index contributed by atoms with van der Waals surface area (Å²) >= 11 is 0. The van der Waals surface area contributed by atoms with Crippen LogP contribution in [0.4, 0.5) is 0 Å². The van der Waals surface area contributed by atoms with Gasteiger partial charge in [-0.05, 0) is 12.8 Å². The van der Waals surface area contributed by atoms with Gasteiger partial charge in [0.15, 0.2) is 0 Å². The van der Waals surface area contributed by atoms with Crippen molar-refractivity contribution in [1.82, 2.24) is 4.90 Å². The molecular weight excluding hydrogens is 214 g/mol. The van der Waals surface area contributed by atoms with E-state index >= 15 is 0 Å². The van der Waals surface area contributed by atoms with E-state index in [1.165, 1.54) is 0 Å². The smallest absolute Gasteiger partial charge is 0.219 e. The van der Waals surface area contributed by atoms with Gasteiger partial charge in [-0.2, -0.15) is 0 Å². The second kappa shape index (κ2) is 9.20. The minimum atomic E-state index is 0.132. The molecule has 0 aliphatic heterocycles. The number of ketones is 1. The summed E-state index contributed by atoms with van der Waals surface area (Å²) in [5.74, 6) is 0.688. The first kappa shape index (κ1) is 16.1. The van der Waals surface area contributed by atoms with Crippen molar-refractivity contribution in [2.75, 3.05) is 13.6 Å². The number of Topliss-reactive ketones (excluding diaryl/α,β-unsaturated/α-hetero) is 1. The van der Waals surface area contributed by atoms with Gasteiger partial charge < -0.3 is 4.90 Å². The molecule has 0 unspecified atom stereocenters. The molecule has 0 saturated carbocycles. The summed E-state index contributed by atoms with van der Waals surface area (Å²) < 4.78 is 0. The Hall–Kier alpha value is -0.860. The standard InChI is InChI=1S/C14H27NO2/c1-12(2)14(17)10-8-6-5-7-9-11-15(4)13(3)16/h12H,5-11H2,1-4H3. The van der Waals surface area contributed by atoms with E-state index in [1.54, 1.807) is 11.8 Å². The Bertz CT molecular complexity index is 236. The van der Waals surface area contributed by atoms with E-state index in [2.05, 4.69) is 0 Å². The van der Waals surface area contributed by atoms with Gasteiger partial charge in [-0.15, -0.1) is 0 Å². The molecule has 0 bridgehead atoms. The lowest BCUT2D eigenvalue weighted by Crippen LogP contribution is -2.24. The molecule has 0 heterocycles. The molecule has 0 saturated heterocycles. The van der Waals surface area contributed by atoms with Gasteiger partial charge in [0, 0.05) is 32.9 Å². The molecule has 3 heteroatoms. The van der Waals surface area contributed by atoms with Crippen LogP contribution in [-0.2, 0) is 9.59 Å². The van der Waals surface area contributed by atoms with Crippen LogP contribution in [0, 0.1) is 5.92 Å². The highest BCUT2D eigenvalue weighted by Gasteiger charge is 2.06. The van der Waals surface area contributed by atoms with Gasteiger partial charge in [0.25, 0.3) is 0 Å². The van der Waals surface area contributed by atoms with Crippen LogP contribution in [0.1, 0.15) is 59.3 Å². The van der Waals surface area contributed by atoms with Crippen molar-refractivity contribution < 1.29 is 9.59 Å². The molecule has 0 aliphatic carbocycles. The van der Waals surface area contributed by atoms with E-state index in [0.29, 0.717) is 5.78 Å². The van der Waals surface area contributed by atoms with Crippen molar-refractivity contribution in [3.63, 3.8) is 0 Å². The minimum absolute atomic E-state index is 0.132. The Morgan fingerprint density at radius 3 is 2.06 bits per heavy atom. The highest BCUT2D eigenvalue weighted by Crippen LogP contribution is 2.09. The summed E-state index contributed by atoms with van der Waals surface area (Å²) in [6, 6.07) is 0. The number of nitrogens with zero attached hydrogens (tertiary/aromatic N) is 1. The largest absolute Gasteiger partial charge is 0.346 e. The number of unbranched alkanes of at least 4 members (excludes halogenated alkanes) is 4. The maximum Gasteiger partial charge on any atom is 0.219 e. The van der Waals surface area contributed by atoms with E-state index in [1.807, 2.05) is 20.9 Å². The Labute approximate surface area is 106 Å². The first-order valence-corrected chi connectivity index (χ1v) is 6.69. The monoisotopic (exact) mass is 241 g/mol. The van der Waals surface area contributed by atoms with E-state index in [4.69, 9.17) is 0 Å². The number of carbonyl (C=O) groups excluding carboxylic acids is 2. The summed E-state index contributed by atoms with van der Waals surface area (Å²) in [7, 11) is 1.84. The zero-order valence-electron chi connectivity index (χ0n) is 11.8. The highest BCUT2D eigenvalue weighted by atomic mass is 16.2. The zero-order valence-corrected chi connectivity index (χ0v) is 11.8. The molecule has 0 aromatic carbocycles. The first-order valence-electron chi connectivity index (χ1n) is 6.69. The van der Waals surface area contributed by atoms with Crippen LogP contribution in [0.25, 0.3) is 0 Å². The number of hydrogen-bond acceptors (Lipinski definition) is 2. The van der Waals surface area contributed by atoms with Crippen molar-refractivity contribution in [2.24, 2.45) is 5.92 Å². The summed E-state index contributed by atoms with van der Waals surface area (Å²) in [5, 5.41) is 0. The zero-order chi connectivity index (χ0) is 13.3. The quantitative estimate of drug-likeness (QED) is 0.582. The predicted molar refractivity (Wildman–Crippen MR) is 70.9 cm³/mol. The average Bonchev–Trinajstić information content (AvgIpc) is 2.26. The third-order valence-electron chi connectivity index (χ3n) is 3.10. The Morgan fingerprint density at radius 1 is 1.00 bits per heavy atom. The van der Waals surface area contributed by atoms with E-state index in [-0.39, 0.29) is 11.8 Å². The summed E-state index contributed by atoms with van der Waals surface area (Å²) in [6.45, 7) is 6.36. The minimum Gasteiger partial charge on any atom is -0.346 e. The number of carbonyl (C=O) groups is 2. The molecule has 0 radical (unpaired) electrons. The van der Waals surface area contributed by atoms with Gasteiger partial charge in [-0.1, -0.05) is 33.1 Å². The first-order chi connectivity index (χ1) is 7.95. The van der Waals surface area contributed by atoms with Crippen LogP contribution >= 0.6 is 0 Å². The van der Waals surface area contributed by atoms with Crippen LogP contribution < -0.4 is 0 Å². The topological polar surface area (TPSA) is 37.4 Å². The molecular formula is C14H27NO2. The van der Waals surface area contributed by atoms with E-state index in [9.17, 15) is 9.59 Å². The SMILES string of the molecule is CC(=O)N(C)CCCCCCCC(=O)C(C)C. The lowest BCUT2D eigenvalue weighted by atomic mass is 10.0. The van der Waals surface area contributed by atoms with Crippen molar-refractivity contribution in [3.05, 3.63) is 0 Å². The Balaban J connectivity index is 3.30. The Morgan fingerprint density at radius 2 is 1.53 bits per heavy atom. The summed E-state index contributed by atoms with van der Waals surface area (Å²) in [4.78, 5) is 24.0. The van der Waals surface area contributed by atoms with E-state index < -0.39 is 0 Å². The molecule has 1 amide bonds. The normalized spacial score (nSPS) is 10.6. The molecule has 0 atom stereocenters. The van der Waals surface area contributed by atoms with Crippen LogP contribution in [0.15, 0.2) is 0 Å². The molecule has 0 aromatic heterocycles. The fourth-order valence-electron chi connectivity index (χ4n) is 1.62. The van der Waals surface area contributed by atoms with Crippen molar-refractivity contribution in [1.29, 1.82) is 0 Å².